The molecule has 0 saturated heterocycles. The van der Waals surface area contributed by atoms with Gasteiger partial charge in [0, 0.05) is 6.42 Å². The first-order valence-electron chi connectivity index (χ1n) is 6.16. The van der Waals surface area contributed by atoms with Crippen LogP contribution in [0.1, 0.15) is 25.6 Å². The van der Waals surface area contributed by atoms with Crippen molar-refractivity contribution in [3.8, 4) is 0 Å². The largest absolute Gasteiger partial charge is 0.339 e. The molecule has 0 saturated carbocycles. The summed E-state index contributed by atoms with van der Waals surface area (Å²) in [6.07, 6.45) is 0.601. The highest BCUT2D eigenvalue weighted by molar-refractivity contribution is 7.90. The van der Waals surface area contributed by atoms with E-state index in [1.165, 1.54) is 12.1 Å². The molecule has 0 unspecified atom stereocenters. The molecule has 1 aromatic carbocycles. The summed E-state index contributed by atoms with van der Waals surface area (Å²) >= 11 is 0. The van der Waals surface area contributed by atoms with Crippen molar-refractivity contribution in [2.45, 2.75) is 30.9 Å². The third-order valence-corrected chi connectivity index (χ3v) is 4.21. The SMILES string of the molecule is CC(C)Cc1nc(CS(=O)(=O)c2ccc(F)cc2)no1. The van der Waals surface area contributed by atoms with Crippen LogP contribution in [-0.2, 0) is 22.0 Å². The number of hydrogen-bond donors (Lipinski definition) is 0. The minimum Gasteiger partial charge on any atom is -0.339 e. The molecule has 0 aliphatic rings. The van der Waals surface area contributed by atoms with Gasteiger partial charge in [0.05, 0.1) is 4.90 Å². The maximum atomic E-state index is 12.8. The number of hydrogen-bond acceptors (Lipinski definition) is 5. The molecule has 20 heavy (non-hydrogen) atoms. The topological polar surface area (TPSA) is 73.1 Å². The summed E-state index contributed by atoms with van der Waals surface area (Å²) in [4.78, 5) is 4.08. The Balaban J connectivity index is 2.16. The van der Waals surface area contributed by atoms with Gasteiger partial charge in [0.1, 0.15) is 11.6 Å². The Labute approximate surface area is 116 Å². The van der Waals surface area contributed by atoms with Gasteiger partial charge in [-0.15, -0.1) is 0 Å². The maximum Gasteiger partial charge on any atom is 0.226 e. The molecule has 108 valence electrons. The lowest BCUT2D eigenvalue weighted by atomic mass is 10.1. The average Bonchev–Trinajstić information content (AvgIpc) is 2.75. The quantitative estimate of drug-likeness (QED) is 0.792. The highest BCUT2D eigenvalue weighted by Gasteiger charge is 2.19. The summed E-state index contributed by atoms with van der Waals surface area (Å²) in [7, 11) is -3.60. The van der Waals surface area contributed by atoms with Gasteiger partial charge in [-0.1, -0.05) is 19.0 Å². The van der Waals surface area contributed by atoms with Gasteiger partial charge in [-0.2, -0.15) is 4.98 Å². The van der Waals surface area contributed by atoms with E-state index in [2.05, 4.69) is 10.1 Å². The fourth-order valence-corrected chi connectivity index (χ4v) is 2.85. The first-order valence-corrected chi connectivity index (χ1v) is 7.82. The minimum atomic E-state index is -3.60. The van der Waals surface area contributed by atoms with E-state index in [1.54, 1.807) is 0 Å². The van der Waals surface area contributed by atoms with E-state index in [0.29, 0.717) is 18.2 Å². The van der Waals surface area contributed by atoms with Crippen LogP contribution in [-0.4, -0.2) is 18.6 Å². The van der Waals surface area contributed by atoms with Gasteiger partial charge in [0.15, 0.2) is 15.7 Å². The van der Waals surface area contributed by atoms with Crippen molar-refractivity contribution in [2.75, 3.05) is 0 Å². The van der Waals surface area contributed by atoms with Crippen molar-refractivity contribution in [3.63, 3.8) is 0 Å². The van der Waals surface area contributed by atoms with Crippen molar-refractivity contribution < 1.29 is 17.3 Å². The molecule has 0 fully saturated rings. The normalized spacial score (nSPS) is 12.0. The third kappa shape index (κ3) is 3.63. The molecule has 0 amide bonds. The second kappa shape index (κ2) is 5.70. The fraction of sp³-hybridized carbons (Fsp3) is 0.385. The van der Waals surface area contributed by atoms with E-state index in [-0.39, 0.29) is 16.5 Å². The minimum absolute atomic E-state index is 0.0362. The Morgan fingerprint density at radius 2 is 1.90 bits per heavy atom. The molecule has 2 rings (SSSR count). The van der Waals surface area contributed by atoms with Gasteiger partial charge in [-0.25, -0.2) is 12.8 Å². The van der Waals surface area contributed by atoms with Gasteiger partial charge in [-0.3, -0.25) is 0 Å². The Bertz CT molecular complexity index is 678. The van der Waals surface area contributed by atoms with Crippen LogP contribution in [0.2, 0.25) is 0 Å². The second-order valence-corrected chi connectivity index (χ2v) is 6.90. The van der Waals surface area contributed by atoms with E-state index in [4.69, 9.17) is 4.52 Å². The molecular formula is C13H15FN2O3S. The maximum absolute atomic E-state index is 12.8. The molecule has 1 aromatic heterocycles. The van der Waals surface area contributed by atoms with E-state index in [9.17, 15) is 12.8 Å². The summed E-state index contributed by atoms with van der Waals surface area (Å²) < 4.78 is 42.0. The molecule has 0 aliphatic carbocycles. The van der Waals surface area contributed by atoms with Crippen molar-refractivity contribution in [3.05, 3.63) is 41.8 Å². The lowest BCUT2D eigenvalue weighted by Crippen LogP contribution is -2.06. The zero-order valence-electron chi connectivity index (χ0n) is 11.2. The Kier molecular flexibility index (Phi) is 4.17. The second-order valence-electron chi connectivity index (χ2n) is 4.92. The number of rotatable bonds is 5. The summed E-state index contributed by atoms with van der Waals surface area (Å²) in [5.41, 5.74) is 0. The van der Waals surface area contributed by atoms with Gasteiger partial charge in [0.2, 0.25) is 5.89 Å². The molecule has 0 radical (unpaired) electrons. The summed E-state index contributed by atoms with van der Waals surface area (Å²) in [6, 6.07) is 4.65. The van der Waals surface area contributed by atoms with Crippen molar-refractivity contribution in [2.24, 2.45) is 5.92 Å². The fourth-order valence-electron chi connectivity index (χ4n) is 1.68. The van der Waals surface area contributed by atoms with Gasteiger partial charge >= 0.3 is 0 Å². The summed E-state index contributed by atoms with van der Waals surface area (Å²) in [6.45, 7) is 4.00. The Hall–Kier alpha value is -1.76. The summed E-state index contributed by atoms with van der Waals surface area (Å²) in [5.74, 6) is 0.0364. The highest BCUT2D eigenvalue weighted by atomic mass is 32.2. The first-order chi connectivity index (χ1) is 9.37. The van der Waals surface area contributed by atoms with Gasteiger partial charge < -0.3 is 4.52 Å². The number of sulfone groups is 1. The van der Waals surface area contributed by atoms with Crippen molar-refractivity contribution >= 4 is 9.84 Å². The van der Waals surface area contributed by atoms with E-state index < -0.39 is 15.7 Å². The zero-order valence-corrected chi connectivity index (χ0v) is 12.0. The molecular weight excluding hydrogens is 283 g/mol. The third-order valence-electron chi connectivity index (χ3n) is 2.58. The Morgan fingerprint density at radius 1 is 1.25 bits per heavy atom. The van der Waals surface area contributed by atoms with Crippen LogP contribution < -0.4 is 0 Å². The highest BCUT2D eigenvalue weighted by Crippen LogP contribution is 2.16. The van der Waals surface area contributed by atoms with Crippen LogP contribution in [0.25, 0.3) is 0 Å². The van der Waals surface area contributed by atoms with E-state index in [1.807, 2.05) is 13.8 Å². The zero-order chi connectivity index (χ0) is 14.8. The van der Waals surface area contributed by atoms with Gasteiger partial charge in [-0.05, 0) is 30.2 Å². The molecule has 0 atom stereocenters. The number of halogens is 1. The number of aromatic nitrogens is 2. The molecule has 0 bridgehead atoms. The lowest BCUT2D eigenvalue weighted by Gasteiger charge is -2.01. The molecule has 1 heterocycles. The average molecular weight is 298 g/mol. The predicted molar refractivity (Wildman–Crippen MR) is 70.1 cm³/mol. The van der Waals surface area contributed by atoms with Crippen LogP contribution >= 0.6 is 0 Å². The van der Waals surface area contributed by atoms with E-state index in [0.717, 1.165) is 12.1 Å². The molecule has 7 heteroatoms. The standard InChI is InChI=1S/C13H15FN2O3S/c1-9(2)7-13-15-12(16-19-13)8-20(17,18)11-5-3-10(14)4-6-11/h3-6,9H,7-8H2,1-2H3. The predicted octanol–water partition coefficient (Wildman–Crippen LogP) is 2.38. The summed E-state index contributed by atoms with van der Waals surface area (Å²) in [5, 5.41) is 3.66. The molecule has 0 N–H and O–H groups in total. The molecule has 0 aliphatic heterocycles. The van der Waals surface area contributed by atoms with Crippen LogP contribution in [0.3, 0.4) is 0 Å². The van der Waals surface area contributed by atoms with Gasteiger partial charge in [0.25, 0.3) is 0 Å². The van der Waals surface area contributed by atoms with Crippen molar-refractivity contribution in [1.82, 2.24) is 10.1 Å². The van der Waals surface area contributed by atoms with Crippen LogP contribution in [0.4, 0.5) is 4.39 Å². The van der Waals surface area contributed by atoms with E-state index >= 15 is 0 Å². The van der Waals surface area contributed by atoms with Crippen LogP contribution in [0, 0.1) is 11.7 Å². The molecule has 0 spiro atoms. The van der Waals surface area contributed by atoms with Crippen LogP contribution in [0.5, 0.6) is 0 Å². The monoisotopic (exact) mass is 298 g/mol. The smallest absolute Gasteiger partial charge is 0.226 e. The molecule has 5 nitrogen and oxygen atoms in total. The number of benzene rings is 1. The lowest BCUT2D eigenvalue weighted by molar-refractivity contribution is 0.359. The van der Waals surface area contributed by atoms with Crippen LogP contribution in [0.15, 0.2) is 33.7 Å². The number of nitrogens with zero attached hydrogens (tertiary/aromatic N) is 2. The van der Waals surface area contributed by atoms with Crippen molar-refractivity contribution in [1.29, 1.82) is 0 Å². The Morgan fingerprint density at radius 3 is 2.50 bits per heavy atom. The first kappa shape index (κ1) is 14.6. The molecule has 2 aromatic rings.